The van der Waals surface area contributed by atoms with Gasteiger partial charge >= 0.3 is 10.2 Å². The lowest BCUT2D eigenvalue weighted by Gasteiger charge is -2.19. The highest BCUT2D eigenvalue weighted by Gasteiger charge is 2.31. The number of rotatable bonds is 6. The maximum absolute atomic E-state index is 14.3. The molecule has 160 valence electrons. The third-order valence-corrected chi connectivity index (χ3v) is 6.12. The van der Waals surface area contributed by atoms with Crippen LogP contribution in [0.2, 0.25) is 0 Å². The maximum atomic E-state index is 14.3. The molecule has 0 radical (unpaired) electrons. The summed E-state index contributed by atoms with van der Waals surface area (Å²) < 4.78 is 47.9. The highest BCUT2D eigenvalue weighted by molar-refractivity contribution is 7.91. The number of aryl methyl sites for hydroxylation is 1. The lowest BCUT2D eigenvalue weighted by Crippen LogP contribution is -2.30. The van der Waals surface area contributed by atoms with E-state index in [1.54, 1.807) is 24.3 Å². The van der Waals surface area contributed by atoms with Crippen LogP contribution in [0.3, 0.4) is 0 Å². The van der Waals surface area contributed by atoms with Crippen molar-refractivity contribution in [1.29, 1.82) is 0 Å². The van der Waals surface area contributed by atoms with Gasteiger partial charge in [-0.2, -0.15) is 8.42 Å². The zero-order chi connectivity index (χ0) is 22.0. The van der Waals surface area contributed by atoms with E-state index in [4.69, 9.17) is 4.74 Å². The lowest BCUT2D eigenvalue weighted by molar-refractivity contribution is 0.307. The number of benzene rings is 3. The van der Waals surface area contributed by atoms with Crippen molar-refractivity contribution in [3.63, 3.8) is 0 Å². The molecule has 0 saturated carbocycles. The minimum atomic E-state index is -3.98. The van der Waals surface area contributed by atoms with E-state index in [0.29, 0.717) is 17.7 Å². The summed E-state index contributed by atoms with van der Waals surface area (Å²) in [5, 5.41) is 9.64. The lowest BCUT2D eigenvalue weighted by atomic mass is 10.0. The second kappa shape index (κ2) is 8.31. The second-order valence-electron chi connectivity index (χ2n) is 7.27. The molecule has 0 atom stereocenters. The van der Waals surface area contributed by atoms with Crippen molar-refractivity contribution in [1.82, 2.24) is 4.72 Å². The number of nitrogens with one attached hydrogen (secondary N) is 1. The second-order valence-corrected chi connectivity index (χ2v) is 8.81. The van der Waals surface area contributed by atoms with Crippen LogP contribution in [0.25, 0.3) is 0 Å². The van der Waals surface area contributed by atoms with E-state index >= 15 is 0 Å². The molecule has 1 aliphatic heterocycles. The fraction of sp³-hybridized carbons (Fsp3) is 0.130. The number of halogens is 1. The van der Waals surface area contributed by atoms with E-state index in [-0.39, 0.29) is 18.1 Å². The highest BCUT2D eigenvalue weighted by atomic mass is 32.2. The molecule has 6 nitrogen and oxygen atoms in total. The molecule has 3 aromatic carbocycles. The van der Waals surface area contributed by atoms with Gasteiger partial charge in [-0.3, -0.25) is 0 Å². The van der Waals surface area contributed by atoms with Crippen LogP contribution in [0.5, 0.6) is 5.75 Å². The maximum Gasteiger partial charge on any atom is 0.330 e. The Labute approximate surface area is 180 Å². The van der Waals surface area contributed by atoms with Gasteiger partial charge in [0, 0.05) is 6.42 Å². The molecule has 3 aromatic rings. The molecule has 0 aliphatic carbocycles. The monoisotopic (exact) mass is 440 g/mol. The molecule has 8 heteroatoms. The Morgan fingerprint density at radius 1 is 1.03 bits per heavy atom. The van der Waals surface area contributed by atoms with Gasteiger partial charge in [0.1, 0.15) is 23.9 Å². The van der Waals surface area contributed by atoms with Crippen LogP contribution >= 0.6 is 0 Å². The van der Waals surface area contributed by atoms with Crippen molar-refractivity contribution in [3.8, 4) is 5.75 Å². The molecule has 0 amide bonds. The average molecular weight is 440 g/mol. The first-order valence-electron chi connectivity index (χ1n) is 9.59. The minimum absolute atomic E-state index is 0.215. The molecule has 2 N–H and O–H groups in total. The van der Waals surface area contributed by atoms with Gasteiger partial charge in [-0.15, -0.1) is 0 Å². The predicted octanol–water partition coefficient (Wildman–Crippen LogP) is 4.32. The molecule has 0 unspecified atom stereocenters. The Bertz CT molecular complexity index is 1240. The SMILES string of the molecule is Cc1ccc(Cc2ccc(N3C=C(O)NS3(=O)=O)c(OCc3ccccc3)c2)c(F)c1. The summed E-state index contributed by atoms with van der Waals surface area (Å²) in [7, 11) is -3.98. The largest absolute Gasteiger partial charge is 0.493 e. The summed E-state index contributed by atoms with van der Waals surface area (Å²) in [4.78, 5) is 0. The van der Waals surface area contributed by atoms with Crippen LogP contribution in [0.15, 0.2) is 78.8 Å². The first-order chi connectivity index (χ1) is 14.8. The molecule has 31 heavy (non-hydrogen) atoms. The number of aliphatic hydroxyl groups excluding tert-OH is 1. The number of aliphatic hydroxyl groups is 1. The summed E-state index contributed by atoms with van der Waals surface area (Å²) in [5.41, 5.74) is 3.26. The van der Waals surface area contributed by atoms with Gasteiger partial charge in [-0.1, -0.05) is 48.5 Å². The first-order valence-corrected chi connectivity index (χ1v) is 11.0. The normalized spacial score (nSPS) is 14.8. The Balaban J connectivity index is 1.69. The summed E-state index contributed by atoms with van der Waals surface area (Å²) in [6, 6.07) is 19.5. The molecule has 0 saturated heterocycles. The summed E-state index contributed by atoms with van der Waals surface area (Å²) in [6.45, 7) is 2.04. The smallest absolute Gasteiger partial charge is 0.330 e. The number of nitrogens with zero attached hydrogens (tertiary/aromatic N) is 1. The van der Waals surface area contributed by atoms with E-state index in [0.717, 1.165) is 27.2 Å². The fourth-order valence-electron chi connectivity index (χ4n) is 3.30. The third-order valence-electron chi connectivity index (χ3n) is 4.83. The molecule has 1 aliphatic rings. The summed E-state index contributed by atoms with van der Waals surface area (Å²) in [5.74, 6) is -0.486. The quantitative estimate of drug-likeness (QED) is 0.599. The Morgan fingerprint density at radius 2 is 1.81 bits per heavy atom. The van der Waals surface area contributed by atoms with Crippen LogP contribution in [0, 0.1) is 12.7 Å². The van der Waals surface area contributed by atoms with Crippen molar-refractivity contribution in [2.75, 3.05) is 4.31 Å². The predicted molar refractivity (Wildman–Crippen MR) is 116 cm³/mol. The van der Waals surface area contributed by atoms with Crippen LogP contribution in [-0.2, 0) is 23.2 Å². The molecule has 1 heterocycles. The number of hydrogen-bond acceptors (Lipinski definition) is 4. The van der Waals surface area contributed by atoms with Gasteiger partial charge in [0.05, 0.1) is 6.20 Å². The average Bonchev–Trinajstić information content (AvgIpc) is 3.01. The van der Waals surface area contributed by atoms with Gasteiger partial charge in [-0.05, 0) is 47.4 Å². The van der Waals surface area contributed by atoms with E-state index in [1.807, 2.05) is 48.0 Å². The van der Waals surface area contributed by atoms with Gasteiger partial charge in [0.15, 0.2) is 0 Å². The number of anilines is 1. The number of hydrogen-bond donors (Lipinski definition) is 2. The highest BCUT2D eigenvalue weighted by Crippen LogP contribution is 2.35. The Kier molecular flexibility index (Phi) is 5.56. The topological polar surface area (TPSA) is 78.9 Å². The zero-order valence-corrected chi connectivity index (χ0v) is 17.6. The molecule has 0 spiro atoms. The minimum Gasteiger partial charge on any atom is -0.493 e. The van der Waals surface area contributed by atoms with Crippen molar-refractivity contribution in [2.24, 2.45) is 0 Å². The molecule has 0 bridgehead atoms. The van der Waals surface area contributed by atoms with E-state index in [2.05, 4.69) is 0 Å². The van der Waals surface area contributed by atoms with Gasteiger partial charge < -0.3 is 9.84 Å². The van der Waals surface area contributed by atoms with Crippen molar-refractivity contribution < 1.29 is 22.7 Å². The molecule has 0 fully saturated rings. The molecule has 4 rings (SSSR count). The zero-order valence-electron chi connectivity index (χ0n) is 16.7. The van der Waals surface area contributed by atoms with Crippen molar-refractivity contribution in [3.05, 3.63) is 107 Å². The van der Waals surface area contributed by atoms with Crippen LogP contribution in [0.4, 0.5) is 10.1 Å². The van der Waals surface area contributed by atoms with E-state index in [9.17, 15) is 17.9 Å². The van der Waals surface area contributed by atoms with E-state index in [1.165, 1.54) is 6.07 Å². The van der Waals surface area contributed by atoms with Crippen LogP contribution in [-0.4, -0.2) is 13.5 Å². The number of ether oxygens (including phenoxy) is 1. The van der Waals surface area contributed by atoms with Crippen LogP contribution < -0.4 is 13.8 Å². The third kappa shape index (κ3) is 4.64. The summed E-state index contributed by atoms with van der Waals surface area (Å²) >= 11 is 0. The molecule has 0 aromatic heterocycles. The fourth-order valence-corrected chi connectivity index (χ4v) is 4.37. The summed E-state index contributed by atoms with van der Waals surface area (Å²) in [6.07, 6.45) is 1.39. The molecular weight excluding hydrogens is 419 g/mol. The van der Waals surface area contributed by atoms with Crippen LogP contribution in [0.1, 0.15) is 22.3 Å². The van der Waals surface area contributed by atoms with Gasteiger partial charge in [-0.25, -0.2) is 13.4 Å². The van der Waals surface area contributed by atoms with Gasteiger partial charge in [0.2, 0.25) is 5.88 Å². The molecular formula is C23H21FN2O4S. The van der Waals surface area contributed by atoms with Crippen molar-refractivity contribution in [2.45, 2.75) is 20.0 Å². The first kappa shape index (κ1) is 20.7. The Hall–Kier alpha value is -3.52. The van der Waals surface area contributed by atoms with Gasteiger partial charge in [0.25, 0.3) is 0 Å². The van der Waals surface area contributed by atoms with Crippen molar-refractivity contribution >= 4 is 15.9 Å². The Morgan fingerprint density at radius 3 is 2.48 bits per heavy atom. The van der Waals surface area contributed by atoms with E-state index < -0.39 is 16.1 Å². The standard InChI is InChI=1S/C23H21FN2O4S/c1-16-7-9-19(20(24)11-16)12-18-8-10-21(26-14-23(27)25-31(26,28)29)22(13-18)30-15-17-5-3-2-4-6-17/h2-11,13-14,25,27H,12,15H2,1H3.